The van der Waals surface area contributed by atoms with Crippen LogP contribution >= 0.6 is 0 Å². The zero-order chi connectivity index (χ0) is 48.6. The Kier molecular flexibility index (Phi) is 51.9. The van der Waals surface area contributed by atoms with Crippen molar-refractivity contribution in [3.05, 3.63) is 97.2 Å². The fourth-order valence-electron chi connectivity index (χ4n) is 7.37. The van der Waals surface area contributed by atoms with Gasteiger partial charge in [-0.2, -0.15) is 0 Å². The SMILES string of the molecule is CC/C=C\C/C=C\C/C=C\CCCCCCCC(=O)OC[C@H](COC(=O)CCCCC/C=C\C/C=C\C/C=C\C/C=C\CCCCC)OC(=O)CCCCCCCCC/C=C\CCCCCC. The summed E-state index contributed by atoms with van der Waals surface area (Å²) in [4.78, 5) is 38.1. The number of hydrogen-bond donors (Lipinski definition) is 0. The van der Waals surface area contributed by atoms with Crippen molar-refractivity contribution in [1.29, 1.82) is 0 Å². The molecule has 0 bridgehead atoms. The normalized spacial score (nSPS) is 12.8. The number of hydrogen-bond acceptors (Lipinski definition) is 6. The number of unbranched alkanes of at least 4 members (excludes halogenated alkanes) is 22. The molecule has 0 aliphatic carbocycles. The molecule has 0 saturated heterocycles. The summed E-state index contributed by atoms with van der Waals surface area (Å²) in [6.07, 6.45) is 72.4. The Labute approximate surface area is 413 Å². The van der Waals surface area contributed by atoms with Crippen molar-refractivity contribution in [2.24, 2.45) is 0 Å². The molecule has 0 fully saturated rings. The minimum atomic E-state index is -0.801. The lowest BCUT2D eigenvalue weighted by atomic mass is 10.1. The van der Waals surface area contributed by atoms with Gasteiger partial charge in [0, 0.05) is 19.3 Å². The Morgan fingerprint density at radius 1 is 0.313 bits per heavy atom. The minimum absolute atomic E-state index is 0.0993. The molecule has 0 aromatic carbocycles. The van der Waals surface area contributed by atoms with Crippen LogP contribution in [0.3, 0.4) is 0 Å². The lowest BCUT2D eigenvalue weighted by Gasteiger charge is -2.18. The number of ether oxygens (including phenoxy) is 3. The Bertz CT molecular complexity index is 1350. The maximum absolute atomic E-state index is 12.8. The van der Waals surface area contributed by atoms with Crippen molar-refractivity contribution < 1.29 is 28.6 Å². The molecule has 0 radical (unpaired) electrons. The van der Waals surface area contributed by atoms with Gasteiger partial charge in [-0.15, -0.1) is 0 Å². The highest BCUT2D eigenvalue weighted by molar-refractivity contribution is 5.71. The Morgan fingerprint density at radius 3 is 0.970 bits per heavy atom. The van der Waals surface area contributed by atoms with Crippen LogP contribution in [0, 0.1) is 0 Å². The average molecular weight is 931 g/mol. The molecule has 0 aromatic rings. The molecule has 67 heavy (non-hydrogen) atoms. The van der Waals surface area contributed by atoms with Crippen LogP contribution in [0.2, 0.25) is 0 Å². The van der Waals surface area contributed by atoms with E-state index in [0.29, 0.717) is 19.3 Å². The van der Waals surface area contributed by atoms with Crippen LogP contribution in [-0.4, -0.2) is 37.2 Å². The van der Waals surface area contributed by atoms with Crippen LogP contribution in [0.4, 0.5) is 0 Å². The molecular formula is C61H102O6. The molecule has 1 atom stereocenters. The molecule has 0 unspecified atom stereocenters. The number of esters is 3. The maximum Gasteiger partial charge on any atom is 0.306 e. The van der Waals surface area contributed by atoms with E-state index >= 15 is 0 Å². The average Bonchev–Trinajstić information content (AvgIpc) is 3.33. The summed E-state index contributed by atoms with van der Waals surface area (Å²) in [7, 11) is 0. The molecule has 0 rings (SSSR count). The van der Waals surface area contributed by atoms with Crippen LogP contribution in [0.15, 0.2) is 97.2 Å². The second kappa shape index (κ2) is 54.9. The highest BCUT2D eigenvalue weighted by Gasteiger charge is 2.19. The Morgan fingerprint density at radius 2 is 0.582 bits per heavy atom. The molecule has 0 heterocycles. The lowest BCUT2D eigenvalue weighted by Crippen LogP contribution is -2.30. The van der Waals surface area contributed by atoms with E-state index in [0.717, 1.165) is 122 Å². The van der Waals surface area contributed by atoms with Crippen molar-refractivity contribution in [2.45, 2.75) is 258 Å². The quantitative estimate of drug-likeness (QED) is 0.0262. The number of allylic oxidation sites excluding steroid dienone is 16. The molecule has 0 N–H and O–H groups in total. The molecule has 0 spiro atoms. The third kappa shape index (κ3) is 53.2. The highest BCUT2D eigenvalue weighted by atomic mass is 16.6. The predicted molar refractivity (Wildman–Crippen MR) is 288 cm³/mol. The molecule has 382 valence electrons. The van der Waals surface area contributed by atoms with E-state index in [1.807, 2.05) is 0 Å². The van der Waals surface area contributed by atoms with Gasteiger partial charge in [0.15, 0.2) is 6.10 Å². The first-order valence-corrected chi connectivity index (χ1v) is 27.7. The summed E-state index contributed by atoms with van der Waals surface area (Å²) in [6, 6.07) is 0. The van der Waals surface area contributed by atoms with E-state index in [1.54, 1.807) is 0 Å². The molecule has 6 heteroatoms. The third-order valence-corrected chi connectivity index (χ3v) is 11.5. The maximum atomic E-state index is 12.8. The smallest absolute Gasteiger partial charge is 0.306 e. The van der Waals surface area contributed by atoms with Crippen LogP contribution in [0.1, 0.15) is 252 Å². The van der Waals surface area contributed by atoms with Crippen molar-refractivity contribution in [3.8, 4) is 0 Å². The van der Waals surface area contributed by atoms with Gasteiger partial charge in [0.25, 0.3) is 0 Å². The summed E-state index contributed by atoms with van der Waals surface area (Å²) in [5.74, 6) is -0.950. The molecule has 0 aliphatic rings. The standard InChI is InChI=1S/C61H102O6/c1-4-7-10-13-16-19-22-25-28-29-30-31-34-36-39-42-45-48-51-54-60(63)66-57-58(67-61(64)55-52-49-46-43-40-37-33-27-24-21-18-15-12-9-6-3)56-65-59(62)53-50-47-44-41-38-35-32-26-23-20-17-14-11-8-5-2/h8,11,16-17,19-21,24-26,28,30-32,36,39,58H,4-7,9-10,12-15,18,22-23,27,29,33-35,37-38,40-57H2,1-3H3/b11-8-,19-16-,20-17-,24-21-,28-25-,31-30-,32-26-,39-36-/t58-/m1/s1. The van der Waals surface area contributed by atoms with Crippen LogP contribution in [0.5, 0.6) is 0 Å². The van der Waals surface area contributed by atoms with E-state index in [4.69, 9.17) is 14.2 Å². The van der Waals surface area contributed by atoms with Gasteiger partial charge < -0.3 is 14.2 Å². The predicted octanol–water partition coefficient (Wildman–Crippen LogP) is 18.5. The van der Waals surface area contributed by atoms with Gasteiger partial charge >= 0.3 is 17.9 Å². The first kappa shape index (κ1) is 63.3. The molecule has 0 aliphatic heterocycles. The number of rotatable bonds is 49. The fourth-order valence-corrected chi connectivity index (χ4v) is 7.37. The first-order valence-electron chi connectivity index (χ1n) is 27.7. The summed E-state index contributed by atoms with van der Waals surface area (Å²) < 4.78 is 16.8. The van der Waals surface area contributed by atoms with Gasteiger partial charge in [-0.1, -0.05) is 208 Å². The van der Waals surface area contributed by atoms with Crippen molar-refractivity contribution in [1.82, 2.24) is 0 Å². The second-order valence-corrected chi connectivity index (χ2v) is 18.1. The van der Waals surface area contributed by atoms with E-state index in [1.165, 1.54) is 89.9 Å². The van der Waals surface area contributed by atoms with E-state index in [9.17, 15) is 14.4 Å². The molecule has 0 aromatic heterocycles. The van der Waals surface area contributed by atoms with Gasteiger partial charge in [-0.3, -0.25) is 14.4 Å². The van der Waals surface area contributed by atoms with Gasteiger partial charge in [0.05, 0.1) is 0 Å². The zero-order valence-electron chi connectivity index (χ0n) is 43.6. The first-order chi connectivity index (χ1) is 33.0. The third-order valence-electron chi connectivity index (χ3n) is 11.5. The van der Waals surface area contributed by atoms with Crippen molar-refractivity contribution >= 4 is 17.9 Å². The number of carbonyl (C=O) groups excluding carboxylic acids is 3. The van der Waals surface area contributed by atoms with Gasteiger partial charge in [-0.25, -0.2) is 0 Å². The molecular weight excluding hydrogens is 829 g/mol. The van der Waals surface area contributed by atoms with Crippen molar-refractivity contribution in [2.75, 3.05) is 13.2 Å². The van der Waals surface area contributed by atoms with Crippen LogP contribution in [-0.2, 0) is 28.6 Å². The highest BCUT2D eigenvalue weighted by Crippen LogP contribution is 2.14. The molecule has 6 nitrogen and oxygen atoms in total. The number of carbonyl (C=O) groups is 3. The van der Waals surface area contributed by atoms with Gasteiger partial charge in [0.2, 0.25) is 0 Å². The molecule has 0 saturated carbocycles. The zero-order valence-corrected chi connectivity index (χ0v) is 43.6. The van der Waals surface area contributed by atoms with Gasteiger partial charge in [0.1, 0.15) is 13.2 Å². The Balaban J connectivity index is 4.48. The molecule has 0 amide bonds. The Hall–Kier alpha value is -3.67. The monoisotopic (exact) mass is 931 g/mol. The summed E-state index contributed by atoms with van der Waals surface area (Å²) in [5.41, 5.74) is 0. The van der Waals surface area contributed by atoms with Crippen LogP contribution < -0.4 is 0 Å². The van der Waals surface area contributed by atoms with E-state index in [-0.39, 0.29) is 31.1 Å². The largest absolute Gasteiger partial charge is 0.462 e. The summed E-state index contributed by atoms with van der Waals surface area (Å²) >= 11 is 0. The summed E-state index contributed by atoms with van der Waals surface area (Å²) in [5, 5.41) is 0. The lowest BCUT2D eigenvalue weighted by molar-refractivity contribution is -0.167. The van der Waals surface area contributed by atoms with E-state index in [2.05, 4.69) is 118 Å². The second-order valence-electron chi connectivity index (χ2n) is 18.1. The summed E-state index contributed by atoms with van der Waals surface area (Å²) in [6.45, 7) is 6.44. The topological polar surface area (TPSA) is 78.9 Å². The van der Waals surface area contributed by atoms with Crippen molar-refractivity contribution in [3.63, 3.8) is 0 Å². The minimum Gasteiger partial charge on any atom is -0.462 e. The van der Waals surface area contributed by atoms with E-state index < -0.39 is 6.10 Å². The fraction of sp³-hybridized carbons (Fsp3) is 0.689. The van der Waals surface area contributed by atoms with Crippen LogP contribution in [0.25, 0.3) is 0 Å². The van der Waals surface area contributed by atoms with Gasteiger partial charge in [-0.05, 0) is 122 Å².